The molecule has 21 heavy (non-hydrogen) atoms. The Morgan fingerprint density at radius 2 is 2.10 bits per heavy atom. The van der Waals surface area contributed by atoms with Crippen molar-refractivity contribution >= 4 is 23.3 Å². The SMILES string of the molecule is CCCCn1c(N)c(NCC2CCSCC2)c(=O)[nH]c1=O. The van der Waals surface area contributed by atoms with Crippen LogP contribution in [0.1, 0.15) is 32.6 Å². The van der Waals surface area contributed by atoms with Crippen molar-refractivity contribution < 1.29 is 0 Å². The Labute approximate surface area is 128 Å². The Kier molecular flexibility index (Phi) is 5.78. The molecule has 2 heterocycles. The standard InChI is InChI=1S/C14H24N4O2S/c1-2-3-6-18-12(15)11(13(19)17-14(18)20)16-9-10-4-7-21-8-5-10/h10,16H,2-9,15H2,1H3,(H,17,19,20). The van der Waals surface area contributed by atoms with E-state index in [0.717, 1.165) is 32.2 Å². The summed E-state index contributed by atoms with van der Waals surface area (Å²) in [6.45, 7) is 3.32. The molecule has 0 aliphatic carbocycles. The quantitative estimate of drug-likeness (QED) is 0.740. The molecular weight excluding hydrogens is 288 g/mol. The Morgan fingerprint density at radius 1 is 1.38 bits per heavy atom. The summed E-state index contributed by atoms with van der Waals surface area (Å²) < 4.78 is 1.45. The van der Waals surface area contributed by atoms with E-state index in [0.29, 0.717) is 18.2 Å². The summed E-state index contributed by atoms with van der Waals surface area (Å²) in [5, 5.41) is 3.16. The molecule has 1 aliphatic heterocycles. The predicted molar refractivity (Wildman–Crippen MR) is 89.2 cm³/mol. The van der Waals surface area contributed by atoms with Crippen LogP contribution in [-0.4, -0.2) is 27.6 Å². The smallest absolute Gasteiger partial charge is 0.330 e. The molecule has 0 atom stereocenters. The molecule has 4 N–H and O–H groups in total. The van der Waals surface area contributed by atoms with E-state index in [-0.39, 0.29) is 5.82 Å². The average molecular weight is 312 g/mol. The average Bonchev–Trinajstić information content (AvgIpc) is 2.47. The van der Waals surface area contributed by atoms with Crippen molar-refractivity contribution in [3.8, 4) is 0 Å². The molecule has 0 saturated carbocycles. The summed E-state index contributed by atoms with van der Waals surface area (Å²) in [4.78, 5) is 26.1. The number of nitrogens with zero attached hydrogens (tertiary/aromatic N) is 1. The fourth-order valence-electron chi connectivity index (χ4n) is 2.49. The van der Waals surface area contributed by atoms with E-state index in [4.69, 9.17) is 5.73 Å². The highest BCUT2D eigenvalue weighted by Crippen LogP contribution is 2.23. The number of unbranched alkanes of at least 4 members (excludes halogenated alkanes) is 1. The molecule has 0 spiro atoms. The van der Waals surface area contributed by atoms with Crippen molar-refractivity contribution in [1.82, 2.24) is 9.55 Å². The third-order valence-electron chi connectivity index (χ3n) is 3.88. The Balaban J connectivity index is 2.14. The van der Waals surface area contributed by atoms with E-state index in [9.17, 15) is 9.59 Å². The van der Waals surface area contributed by atoms with E-state index in [2.05, 4.69) is 10.3 Å². The van der Waals surface area contributed by atoms with E-state index in [1.807, 2.05) is 18.7 Å². The molecule has 1 aromatic heterocycles. The van der Waals surface area contributed by atoms with Gasteiger partial charge in [0.05, 0.1) is 0 Å². The van der Waals surface area contributed by atoms with Crippen LogP contribution in [0, 0.1) is 5.92 Å². The lowest BCUT2D eigenvalue weighted by Crippen LogP contribution is -2.35. The first-order valence-corrected chi connectivity index (χ1v) is 8.73. The number of nitrogen functional groups attached to an aromatic ring is 1. The number of hydrogen-bond acceptors (Lipinski definition) is 5. The summed E-state index contributed by atoms with van der Waals surface area (Å²) in [6.07, 6.45) is 4.14. The van der Waals surface area contributed by atoms with Crippen molar-refractivity contribution in [2.75, 3.05) is 29.1 Å². The number of nitrogens with two attached hydrogens (primary N) is 1. The number of hydrogen-bond donors (Lipinski definition) is 3. The highest BCUT2D eigenvalue weighted by molar-refractivity contribution is 7.99. The first-order valence-electron chi connectivity index (χ1n) is 7.57. The Morgan fingerprint density at radius 3 is 2.76 bits per heavy atom. The Bertz CT molecular complexity index is 575. The van der Waals surface area contributed by atoms with E-state index in [1.54, 1.807) is 0 Å². The number of rotatable bonds is 6. The van der Waals surface area contributed by atoms with Gasteiger partial charge in [0.25, 0.3) is 5.56 Å². The molecule has 0 unspecified atom stereocenters. The molecule has 1 aromatic rings. The third kappa shape index (κ3) is 4.06. The first kappa shape index (κ1) is 16.0. The van der Waals surface area contributed by atoms with E-state index < -0.39 is 11.2 Å². The van der Waals surface area contributed by atoms with Crippen LogP contribution in [0.4, 0.5) is 11.5 Å². The second-order valence-corrected chi connectivity index (χ2v) is 6.69. The van der Waals surface area contributed by atoms with Gasteiger partial charge in [-0.15, -0.1) is 0 Å². The number of nitrogens with one attached hydrogen (secondary N) is 2. The van der Waals surface area contributed by atoms with Crippen LogP contribution in [0.25, 0.3) is 0 Å². The third-order valence-corrected chi connectivity index (χ3v) is 4.93. The number of H-pyrrole nitrogens is 1. The van der Waals surface area contributed by atoms with Crippen LogP contribution < -0.4 is 22.3 Å². The van der Waals surface area contributed by atoms with Gasteiger partial charge in [-0.3, -0.25) is 14.3 Å². The van der Waals surface area contributed by atoms with Gasteiger partial charge in [0.1, 0.15) is 11.5 Å². The molecule has 0 radical (unpaired) electrons. The van der Waals surface area contributed by atoms with Gasteiger partial charge >= 0.3 is 5.69 Å². The van der Waals surface area contributed by atoms with Crippen LogP contribution >= 0.6 is 11.8 Å². The number of aromatic nitrogens is 2. The van der Waals surface area contributed by atoms with Crippen LogP contribution in [0.5, 0.6) is 0 Å². The van der Waals surface area contributed by atoms with Crippen molar-refractivity contribution in [3.63, 3.8) is 0 Å². The second kappa shape index (κ2) is 7.59. The zero-order valence-corrected chi connectivity index (χ0v) is 13.3. The van der Waals surface area contributed by atoms with Gasteiger partial charge in [0.2, 0.25) is 0 Å². The number of anilines is 2. The zero-order chi connectivity index (χ0) is 15.2. The van der Waals surface area contributed by atoms with Crippen molar-refractivity contribution in [2.45, 2.75) is 39.2 Å². The van der Waals surface area contributed by atoms with Gasteiger partial charge in [-0.2, -0.15) is 11.8 Å². The summed E-state index contributed by atoms with van der Waals surface area (Å²) in [5.41, 5.74) is 5.51. The monoisotopic (exact) mass is 312 g/mol. The topological polar surface area (TPSA) is 92.9 Å². The number of thioether (sulfide) groups is 1. The van der Waals surface area contributed by atoms with E-state index >= 15 is 0 Å². The predicted octanol–water partition coefficient (Wildman–Crippen LogP) is 1.47. The van der Waals surface area contributed by atoms with Gasteiger partial charge < -0.3 is 11.1 Å². The van der Waals surface area contributed by atoms with Crippen LogP contribution in [0.2, 0.25) is 0 Å². The minimum atomic E-state index is -0.425. The second-order valence-electron chi connectivity index (χ2n) is 5.46. The maximum atomic E-state index is 11.9. The molecule has 1 saturated heterocycles. The van der Waals surface area contributed by atoms with Crippen molar-refractivity contribution in [3.05, 3.63) is 20.8 Å². The van der Waals surface area contributed by atoms with Crippen molar-refractivity contribution in [2.24, 2.45) is 5.92 Å². The molecule has 7 heteroatoms. The van der Waals surface area contributed by atoms with Crippen molar-refractivity contribution in [1.29, 1.82) is 0 Å². The highest BCUT2D eigenvalue weighted by atomic mass is 32.2. The summed E-state index contributed by atoms with van der Waals surface area (Å²) in [7, 11) is 0. The lowest BCUT2D eigenvalue weighted by atomic mass is 10.0. The molecular formula is C14H24N4O2S. The largest absolute Gasteiger partial charge is 0.383 e. The summed E-state index contributed by atoms with van der Waals surface area (Å²) in [5.74, 6) is 3.17. The minimum Gasteiger partial charge on any atom is -0.383 e. The minimum absolute atomic E-state index is 0.252. The zero-order valence-electron chi connectivity index (χ0n) is 12.5. The first-order chi connectivity index (χ1) is 10.1. The normalized spacial score (nSPS) is 16.0. The summed E-state index contributed by atoms with van der Waals surface area (Å²) >= 11 is 1.97. The lowest BCUT2D eigenvalue weighted by molar-refractivity contribution is 0.515. The van der Waals surface area contributed by atoms with E-state index in [1.165, 1.54) is 16.1 Å². The van der Waals surface area contributed by atoms with Gasteiger partial charge in [-0.05, 0) is 36.7 Å². The molecule has 1 aliphatic rings. The van der Waals surface area contributed by atoms with Gasteiger partial charge in [-0.25, -0.2) is 4.79 Å². The highest BCUT2D eigenvalue weighted by Gasteiger charge is 2.16. The van der Waals surface area contributed by atoms with Gasteiger partial charge in [-0.1, -0.05) is 13.3 Å². The van der Waals surface area contributed by atoms with Gasteiger partial charge in [0, 0.05) is 13.1 Å². The maximum absolute atomic E-state index is 11.9. The molecule has 0 aromatic carbocycles. The number of aromatic amines is 1. The summed E-state index contributed by atoms with van der Waals surface area (Å²) in [6, 6.07) is 0. The molecule has 0 amide bonds. The molecule has 1 fully saturated rings. The lowest BCUT2D eigenvalue weighted by Gasteiger charge is -2.22. The van der Waals surface area contributed by atoms with Crippen LogP contribution in [0.3, 0.4) is 0 Å². The van der Waals surface area contributed by atoms with Gasteiger partial charge in [0.15, 0.2) is 0 Å². The molecule has 2 rings (SSSR count). The van der Waals surface area contributed by atoms with Crippen LogP contribution in [-0.2, 0) is 6.54 Å². The fraction of sp³-hybridized carbons (Fsp3) is 0.714. The molecule has 6 nitrogen and oxygen atoms in total. The maximum Gasteiger partial charge on any atom is 0.330 e. The van der Waals surface area contributed by atoms with Crippen LogP contribution in [0.15, 0.2) is 9.59 Å². The molecule has 118 valence electrons. The molecule has 0 bridgehead atoms. The fourth-order valence-corrected chi connectivity index (χ4v) is 3.70. The Hall–Kier alpha value is -1.37.